The summed E-state index contributed by atoms with van der Waals surface area (Å²) in [4.78, 5) is 26.7. The second-order valence-corrected chi connectivity index (χ2v) is 7.44. The lowest BCUT2D eigenvalue weighted by Crippen LogP contribution is -2.62. The van der Waals surface area contributed by atoms with Crippen LogP contribution in [0.1, 0.15) is 24.8 Å². The van der Waals surface area contributed by atoms with E-state index in [9.17, 15) is 14.7 Å². The minimum atomic E-state index is -0.770. The molecule has 0 saturated carbocycles. The fourth-order valence-corrected chi connectivity index (χ4v) is 4.17. The summed E-state index contributed by atoms with van der Waals surface area (Å²) >= 11 is 0. The molecule has 2 atom stereocenters. The first-order valence-electron chi connectivity index (χ1n) is 9.62. The van der Waals surface area contributed by atoms with Crippen LogP contribution < -0.4 is 15.4 Å². The van der Waals surface area contributed by atoms with Crippen molar-refractivity contribution in [1.29, 1.82) is 0 Å². The third kappa shape index (κ3) is 4.42. The standard InChI is InChI=1S/C20H29N3O4/c1-27-16-6-3-2-5-15(16)7-11-21-18(25)13-23-12-8-17(24)20(14-23)9-4-10-22-19(20)26/h2-3,5-6,17,24H,4,7-14H2,1H3,(H,21,25)(H,22,26)/t17-,20-/m1/s1. The molecule has 7 heteroatoms. The van der Waals surface area contributed by atoms with Gasteiger partial charge in [-0.1, -0.05) is 18.2 Å². The third-order valence-corrected chi connectivity index (χ3v) is 5.68. The van der Waals surface area contributed by atoms with Gasteiger partial charge < -0.3 is 20.5 Å². The molecular formula is C20H29N3O4. The van der Waals surface area contributed by atoms with Crippen LogP contribution in [0.4, 0.5) is 0 Å². The number of para-hydroxylation sites is 1. The maximum absolute atomic E-state index is 12.4. The van der Waals surface area contributed by atoms with Crippen molar-refractivity contribution in [3.05, 3.63) is 29.8 Å². The van der Waals surface area contributed by atoms with Crippen molar-refractivity contribution in [2.75, 3.05) is 39.8 Å². The van der Waals surface area contributed by atoms with Gasteiger partial charge in [-0.15, -0.1) is 0 Å². The van der Waals surface area contributed by atoms with E-state index < -0.39 is 11.5 Å². The molecule has 7 nitrogen and oxygen atoms in total. The summed E-state index contributed by atoms with van der Waals surface area (Å²) < 4.78 is 5.33. The van der Waals surface area contributed by atoms with Crippen LogP contribution in [0.5, 0.6) is 5.75 Å². The van der Waals surface area contributed by atoms with Crippen LogP contribution in [0.3, 0.4) is 0 Å². The van der Waals surface area contributed by atoms with Gasteiger partial charge in [-0.05, 0) is 37.3 Å². The quantitative estimate of drug-likeness (QED) is 0.666. The fraction of sp³-hybridized carbons (Fsp3) is 0.600. The number of aliphatic hydroxyl groups excluding tert-OH is 1. The number of piperidine rings is 2. The van der Waals surface area contributed by atoms with Gasteiger partial charge in [0.25, 0.3) is 0 Å². The fourth-order valence-electron chi connectivity index (χ4n) is 4.17. The molecule has 0 aromatic heterocycles. The Balaban J connectivity index is 1.50. The zero-order valence-electron chi connectivity index (χ0n) is 15.9. The second kappa shape index (κ2) is 8.71. The summed E-state index contributed by atoms with van der Waals surface area (Å²) in [5, 5.41) is 16.2. The molecule has 2 aliphatic rings. The average Bonchev–Trinajstić information content (AvgIpc) is 2.67. The van der Waals surface area contributed by atoms with Crippen molar-refractivity contribution in [2.45, 2.75) is 31.8 Å². The molecule has 2 aliphatic heterocycles. The number of rotatable bonds is 6. The molecule has 0 radical (unpaired) electrons. The highest BCUT2D eigenvalue weighted by atomic mass is 16.5. The molecule has 2 saturated heterocycles. The lowest BCUT2D eigenvalue weighted by Gasteiger charge is -2.46. The number of likely N-dealkylation sites (tertiary alicyclic amines) is 1. The van der Waals surface area contributed by atoms with E-state index in [-0.39, 0.29) is 18.4 Å². The summed E-state index contributed by atoms with van der Waals surface area (Å²) in [5.74, 6) is 0.678. The zero-order chi connectivity index (χ0) is 19.3. The number of carbonyl (C=O) groups is 2. The molecule has 2 amide bonds. The molecule has 27 heavy (non-hydrogen) atoms. The van der Waals surface area contributed by atoms with Crippen LogP contribution in [0.25, 0.3) is 0 Å². The summed E-state index contributed by atoms with van der Waals surface area (Å²) in [6.45, 7) is 2.49. The normalized spacial score (nSPS) is 25.9. The lowest BCUT2D eigenvalue weighted by atomic mass is 9.71. The zero-order valence-corrected chi connectivity index (χ0v) is 15.9. The smallest absolute Gasteiger partial charge is 0.234 e. The van der Waals surface area contributed by atoms with Crippen molar-refractivity contribution in [3.63, 3.8) is 0 Å². The predicted octanol–water partition coefficient (Wildman–Crippen LogP) is 0.317. The Bertz CT molecular complexity index is 681. The third-order valence-electron chi connectivity index (χ3n) is 5.68. The number of carbonyl (C=O) groups excluding carboxylic acids is 2. The topological polar surface area (TPSA) is 90.9 Å². The maximum Gasteiger partial charge on any atom is 0.234 e. The van der Waals surface area contributed by atoms with Crippen LogP contribution in [-0.2, 0) is 16.0 Å². The first-order valence-corrected chi connectivity index (χ1v) is 9.62. The molecule has 1 aromatic rings. The van der Waals surface area contributed by atoms with E-state index >= 15 is 0 Å². The van der Waals surface area contributed by atoms with Gasteiger partial charge in [0, 0.05) is 26.2 Å². The number of nitrogens with one attached hydrogen (secondary N) is 2. The number of hydrogen-bond acceptors (Lipinski definition) is 5. The average molecular weight is 375 g/mol. The van der Waals surface area contributed by atoms with Gasteiger partial charge >= 0.3 is 0 Å². The molecule has 0 aliphatic carbocycles. The molecule has 0 bridgehead atoms. The number of methoxy groups -OCH3 is 1. The van der Waals surface area contributed by atoms with E-state index in [1.54, 1.807) is 7.11 Å². The molecule has 1 spiro atoms. The van der Waals surface area contributed by atoms with Gasteiger partial charge in [-0.3, -0.25) is 14.5 Å². The Morgan fingerprint density at radius 1 is 1.44 bits per heavy atom. The summed E-state index contributed by atoms with van der Waals surface area (Å²) in [7, 11) is 1.64. The number of amides is 2. The summed E-state index contributed by atoms with van der Waals surface area (Å²) in [5.41, 5.74) is 0.285. The first-order chi connectivity index (χ1) is 13.0. The van der Waals surface area contributed by atoms with Crippen LogP contribution in [-0.4, -0.2) is 67.8 Å². The minimum Gasteiger partial charge on any atom is -0.496 e. The highest BCUT2D eigenvalue weighted by Gasteiger charge is 2.49. The van der Waals surface area contributed by atoms with E-state index in [0.717, 1.165) is 17.7 Å². The molecule has 1 aromatic carbocycles. The first kappa shape index (κ1) is 19.6. The molecule has 148 valence electrons. The number of hydrogen-bond donors (Lipinski definition) is 3. The van der Waals surface area contributed by atoms with E-state index in [0.29, 0.717) is 45.4 Å². The summed E-state index contributed by atoms with van der Waals surface area (Å²) in [6.07, 6.45) is 2.11. The van der Waals surface area contributed by atoms with Gasteiger partial charge in [0.15, 0.2) is 0 Å². The van der Waals surface area contributed by atoms with Crippen LogP contribution in [0.15, 0.2) is 24.3 Å². The molecule has 0 unspecified atom stereocenters. The van der Waals surface area contributed by atoms with Crippen LogP contribution in [0, 0.1) is 5.41 Å². The van der Waals surface area contributed by atoms with Gasteiger partial charge in [0.05, 0.1) is 25.2 Å². The highest BCUT2D eigenvalue weighted by Crippen LogP contribution is 2.37. The molecular weight excluding hydrogens is 346 g/mol. The maximum atomic E-state index is 12.4. The van der Waals surface area contributed by atoms with Crippen LogP contribution >= 0.6 is 0 Å². The molecule has 3 rings (SSSR count). The van der Waals surface area contributed by atoms with Crippen molar-refractivity contribution < 1.29 is 19.4 Å². The number of aliphatic hydroxyl groups is 1. The number of benzene rings is 1. The largest absolute Gasteiger partial charge is 0.496 e. The van der Waals surface area contributed by atoms with Crippen molar-refractivity contribution in [3.8, 4) is 5.75 Å². The number of nitrogens with zero attached hydrogens (tertiary/aromatic N) is 1. The Hall–Kier alpha value is -2.12. The van der Waals surface area contributed by atoms with Crippen molar-refractivity contribution in [1.82, 2.24) is 15.5 Å². The lowest BCUT2D eigenvalue weighted by molar-refractivity contribution is -0.150. The second-order valence-electron chi connectivity index (χ2n) is 7.44. The predicted molar refractivity (Wildman–Crippen MR) is 101 cm³/mol. The van der Waals surface area contributed by atoms with Gasteiger partial charge in [0.1, 0.15) is 5.75 Å². The molecule has 3 N–H and O–H groups in total. The Kier molecular flexibility index (Phi) is 6.34. The van der Waals surface area contributed by atoms with Crippen molar-refractivity contribution in [2.24, 2.45) is 5.41 Å². The number of ether oxygens (including phenoxy) is 1. The Labute approximate surface area is 160 Å². The van der Waals surface area contributed by atoms with Crippen LogP contribution in [0.2, 0.25) is 0 Å². The van der Waals surface area contributed by atoms with Gasteiger partial charge in [-0.2, -0.15) is 0 Å². The summed E-state index contributed by atoms with van der Waals surface area (Å²) in [6, 6.07) is 7.77. The van der Waals surface area contributed by atoms with E-state index in [1.807, 2.05) is 29.2 Å². The SMILES string of the molecule is COc1ccccc1CCNC(=O)CN1CC[C@@H](O)[C@@]2(CCCNC2=O)C1. The monoisotopic (exact) mass is 375 g/mol. The van der Waals surface area contributed by atoms with E-state index in [4.69, 9.17) is 4.74 Å². The molecule has 2 fully saturated rings. The molecule has 2 heterocycles. The Morgan fingerprint density at radius 3 is 3.04 bits per heavy atom. The minimum absolute atomic E-state index is 0.0624. The van der Waals surface area contributed by atoms with Gasteiger partial charge in [0.2, 0.25) is 11.8 Å². The van der Waals surface area contributed by atoms with Crippen molar-refractivity contribution >= 4 is 11.8 Å². The van der Waals surface area contributed by atoms with Gasteiger partial charge in [-0.25, -0.2) is 0 Å². The Morgan fingerprint density at radius 2 is 2.26 bits per heavy atom. The highest BCUT2D eigenvalue weighted by molar-refractivity contribution is 5.84. The van der Waals surface area contributed by atoms with E-state index in [2.05, 4.69) is 10.6 Å². The van der Waals surface area contributed by atoms with E-state index in [1.165, 1.54) is 0 Å².